The predicted molar refractivity (Wildman–Crippen MR) is 69.1 cm³/mol. The highest BCUT2D eigenvalue weighted by atomic mass is 16.2. The van der Waals surface area contributed by atoms with Crippen molar-refractivity contribution in [3.63, 3.8) is 0 Å². The minimum absolute atomic E-state index is 0.183. The summed E-state index contributed by atoms with van der Waals surface area (Å²) in [6, 6.07) is 9.33. The number of rotatable bonds is 4. The van der Waals surface area contributed by atoms with Gasteiger partial charge >= 0.3 is 0 Å². The molecule has 5 nitrogen and oxygen atoms in total. The molecule has 3 N–H and O–H groups in total. The fourth-order valence-electron chi connectivity index (χ4n) is 1.62. The lowest BCUT2D eigenvalue weighted by Crippen LogP contribution is -2.38. The molecule has 0 spiro atoms. The van der Waals surface area contributed by atoms with Gasteiger partial charge in [-0.1, -0.05) is 18.2 Å². The van der Waals surface area contributed by atoms with Gasteiger partial charge in [0.1, 0.15) is 5.82 Å². The van der Waals surface area contributed by atoms with Crippen molar-refractivity contribution >= 4 is 5.91 Å². The number of nitrogens with one attached hydrogen (secondary N) is 1. The van der Waals surface area contributed by atoms with Gasteiger partial charge in [0.2, 0.25) is 5.91 Å². The Balaban J connectivity index is 2.12. The van der Waals surface area contributed by atoms with Crippen LogP contribution in [0.4, 0.5) is 0 Å². The van der Waals surface area contributed by atoms with E-state index < -0.39 is 6.04 Å². The molecule has 1 aromatic heterocycles. The van der Waals surface area contributed by atoms with Crippen LogP contribution in [0.2, 0.25) is 0 Å². The Hall–Kier alpha value is -2.14. The summed E-state index contributed by atoms with van der Waals surface area (Å²) < 4.78 is 1.93. The maximum atomic E-state index is 11.4. The van der Waals surface area contributed by atoms with Crippen LogP contribution >= 0.6 is 0 Å². The Morgan fingerprint density at radius 3 is 2.83 bits per heavy atom. The van der Waals surface area contributed by atoms with E-state index in [0.717, 1.165) is 11.5 Å². The van der Waals surface area contributed by atoms with Gasteiger partial charge in [0.05, 0.1) is 12.6 Å². The first-order valence-corrected chi connectivity index (χ1v) is 5.79. The highest BCUT2D eigenvalue weighted by Gasteiger charge is 2.09. The Bertz CT molecular complexity index is 519. The molecule has 0 radical (unpaired) electrons. The van der Waals surface area contributed by atoms with Gasteiger partial charge in [-0.3, -0.25) is 4.79 Å². The third-order valence-electron chi connectivity index (χ3n) is 2.59. The summed E-state index contributed by atoms with van der Waals surface area (Å²) in [7, 11) is 0. The van der Waals surface area contributed by atoms with Gasteiger partial charge in [-0.2, -0.15) is 0 Å². The fourth-order valence-corrected chi connectivity index (χ4v) is 1.62. The van der Waals surface area contributed by atoms with E-state index in [1.165, 1.54) is 0 Å². The summed E-state index contributed by atoms with van der Waals surface area (Å²) in [5.41, 5.74) is 6.50. The molecule has 0 aliphatic carbocycles. The Kier molecular flexibility index (Phi) is 3.74. The number of hydrogen-bond acceptors (Lipinski definition) is 3. The van der Waals surface area contributed by atoms with E-state index >= 15 is 0 Å². The van der Waals surface area contributed by atoms with Gasteiger partial charge in [-0.05, 0) is 19.1 Å². The van der Waals surface area contributed by atoms with Crippen molar-refractivity contribution in [1.29, 1.82) is 0 Å². The lowest BCUT2D eigenvalue weighted by Gasteiger charge is -2.10. The average Bonchev–Trinajstić information content (AvgIpc) is 2.85. The first-order chi connectivity index (χ1) is 8.68. The third-order valence-corrected chi connectivity index (χ3v) is 2.59. The molecule has 2 rings (SSSR count). The molecule has 0 aliphatic heterocycles. The first-order valence-electron chi connectivity index (χ1n) is 5.79. The molecule has 1 amide bonds. The zero-order valence-electron chi connectivity index (χ0n) is 10.2. The molecule has 2 aromatic rings. The van der Waals surface area contributed by atoms with Crippen molar-refractivity contribution in [2.24, 2.45) is 5.73 Å². The second kappa shape index (κ2) is 5.46. The number of nitrogens with two attached hydrogens (primary N) is 1. The van der Waals surface area contributed by atoms with Crippen molar-refractivity contribution in [2.75, 3.05) is 0 Å². The largest absolute Gasteiger partial charge is 0.348 e. The molecule has 94 valence electrons. The lowest BCUT2D eigenvalue weighted by molar-refractivity contribution is -0.122. The molecule has 1 aromatic carbocycles. The summed E-state index contributed by atoms with van der Waals surface area (Å²) in [5, 5.41) is 2.75. The van der Waals surface area contributed by atoms with Crippen LogP contribution in [0.15, 0.2) is 42.7 Å². The zero-order chi connectivity index (χ0) is 13.0. The van der Waals surface area contributed by atoms with Crippen molar-refractivity contribution in [1.82, 2.24) is 14.9 Å². The molecule has 5 heteroatoms. The lowest BCUT2D eigenvalue weighted by atomic mass is 10.3. The topological polar surface area (TPSA) is 72.9 Å². The first kappa shape index (κ1) is 12.3. The van der Waals surface area contributed by atoms with Crippen molar-refractivity contribution in [3.8, 4) is 5.69 Å². The molecule has 1 atom stereocenters. The third kappa shape index (κ3) is 2.75. The zero-order valence-corrected chi connectivity index (χ0v) is 10.2. The summed E-state index contributed by atoms with van der Waals surface area (Å²) in [6.07, 6.45) is 3.57. The molecule has 0 aliphatic rings. The molecular weight excluding hydrogens is 228 g/mol. The molecule has 0 fully saturated rings. The Labute approximate surface area is 106 Å². The summed E-state index contributed by atoms with van der Waals surface area (Å²) in [5.74, 6) is 0.591. The van der Waals surface area contributed by atoms with E-state index in [1.807, 2.05) is 41.1 Å². The van der Waals surface area contributed by atoms with Gasteiger partial charge in [0.25, 0.3) is 0 Å². The highest BCUT2D eigenvalue weighted by Crippen LogP contribution is 2.09. The number of aromatic nitrogens is 2. The normalized spacial score (nSPS) is 12.1. The molecular formula is C13H16N4O. The van der Waals surface area contributed by atoms with E-state index in [4.69, 9.17) is 5.73 Å². The van der Waals surface area contributed by atoms with Crippen molar-refractivity contribution < 1.29 is 4.79 Å². The molecule has 18 heavy (non-hydrogen) atoms. The molecule has 0 bridgehead atoms. The molecule has 1 heterocycles. The smallest absolute Gasteiger partial charge is 0.237 e. The van der Waals surface area contributed by atoms with Crippen LogP contribution in [0.5, 0.6) is 0 Å². The quantitative estimate of drug-likeness (QED) is 0.837. The minimum atomic E-state index is -0.509. The van der Waals surface area contributed by atoms with Gasteiger partial charge in [0.15, 0.2) is 0 Å². The van der Waals surface area contributed by atoms with Gasteiger partial charge in [-0.15, -0.1) is 0 Å². The summed E-state index contributed by atoms with van der Waals surface area (Å²) in [6.45, 7) is 2.02. The maximum absolute atomic E-state index is 11.4. The average molecular weight is 244 g/mol. The number of para-hydroxylation sites is 1. The Morgan fingerprint density at radius 1 is 1.44 bits per heavy atom. The van der Waals surface area contributed by atoms with E-state index in [1.54, 1.807) is 13.1 Å². The number of imidazole rings is 1. The standard InChI is InChI=1S/C13H16N4O/c1-10(14)13(18)16-9-12-15-7-8-17(12)11-5-3-2-4-6-11/h2-8,10H,9,14H2,1H3,(H,16,18). The monoisotopic (exact) mass is 244 g/mol. The van der Waals surface area contributed by atoms with Crippen LogP contribution in [0.25, 0.3) is 5.69 Å². The Morgan fingerprint density at radius 2 is 2.17 bits per heavy atom. The second-order valence-electron chi connectivity index (χ2n) is 4.06. The van der Waals surface area contributed by atoms with E-state index in [-0.39, 0.29) is 5.91 Å². The maximum Gasteiger partial charge on any atom is 0.237 e. The van der Waals surface area contributed by atoms with Crippen LogP contribution in [0, 0.1) is 0 Å². The predicted octanol–water partition coefficient (Wildman–Crippen LogP) is 0.836. The van der Waals surface area contributed by atoms with Crippen LogP contribution in [0.1, 0.15) is 12.7 Å². The summed E-state index contributed by atoms with van der Waals surface area (Å²) >= 11 is 0. The number of carbonyl (C=O) groups is 1. The van der Waals surface area contributed by atoms with Crippen LogP contribution in [0.3, 0.4) is 0 Å². The minimum Gasteiger partial charge on any atom is -0.348 e. The number of hydrogen-bond donors (Lipinski definition) is 2. The van der Waals surface area contributed by atoms with E-state index in [2.05, 4.69) is 10.3 Å². The fraction of sp³-hybridized carbons (Fsp3) is 0.231. The van der Waals surface area contributed by atoms with Gasteiger partial charge in [0, 0.05) is 18.1 Å². The number of benzene rings is 1. The number of amides is 1. The highest BCUT2D eigenvalue weighted by molar-refractivity contribution is 5.80. The number of carbonyl (C=O) groups excluding carboxylic acids is 1. The molecule has 0 saturated heterocycles. The molecule has 0 saturated carbocycles. The van der Waals surface area contributed by atoms with Crippen molar-refractivity contribution in [2.45, 2.75) is 19.5 Å². The van der Waals surface area contributed by atoms with Gasteiger partial charge < -0.3 is 15.6 Å². The second-order valence-corrected chi connectivity index (χ2v) is 4.06. The molecule has 1 unspecified atom stereocenters. The summed E-state index contributed by atoms with van der Waals surface area (Å²) in [4.78, 5) is 15.6. The van der Waals surface area contributed by atoms with Crippen LogP contribution < -0.4 is 11.1 Å². The van der Waals surface area contributed by atoms with E-state index in [9.17, 15) is 4.79 Å². The van der Waals surface area contributed by atoms with Gasteiger partial charge in [-0.25, -0.2) is 4.98 Å². The van der Waals surface area contributed by atoms with Crippen LogP contribution in [-0.2, 0) is 11.3 Å². The SMILES string of the molecule is CC(N)C(=O)NCc1nccn1-c1ccccc1. The van der Waals surface area contributed by atoms with Crippen LogP contribution in [-0.4, -0.2) is 21.5 Å². The van der Waals surface area contributed by atoms with Crippen molar-refractivity contribution in [3.05, 3.63) is 48.5 Å². The number of nitrogens with zero attached hydrogens (tertiary/aromatic N) is 2. The van der Waals surface area contributed by atoms with E-state index in [0.29, 0.717) is 6.54 Å².